The highest BCUT2D eigenvalue weighted by Crippen LogP contribution is 2.36. The maximum absolute atomic E-state index is 5.53. The van der Waals surface area contributed by atoms with E-state index in [1.807, 2.05) is 11.6 Å². The number of thiophene rings is 1. The zero-order valence-corrected chi connectivity index (χ0v) is 18.8. The van der Waals surface area contributed by atoms with Gasteiger partial charge in [0, 0.05) is 57.8 Å². The number of methoxy groups -OCH3 is 3. The summed E-state index contributed by atoms with van der Waals surface area (Å²) in [7, 11) is 4.84. The van der Waals surface area contributed by atoms with Gasteiger partial charge in [-0.15, -0.1) is 0 Å². The first-order chi connectivity index (χ1) is 15.2. The molecule has 0 spiro atoms. The van der Waals surface area contributed by atoms with Crippen LogP contribution in [0.15, 0.2) is 29.2 Å². The van der Waals surface area contributed by atoms with Crippen molar-refractivity contribution >= 4 is 17.3 Å². The predicted octanol–water partition coefficient (Wildman–Crippen LogP) is 2.45. The molecule has 164 valence electrons. The van der Waals surface area contributed by atoms with E-state index in [0.29, 0.717) is 17.4 Å². The van der Waals surface area contributed by atoms with E-state index in [0.717, 1.165) is 56.2 Å². The van der Waals surface area contributed by atoms with Crippen molar-refractivity contribution in [3.63, 3.8) is 0 Å². The second-order valence-electron chi connectivity index (χ2n) is 7.05. The smallest absolute Gasteiger partial charge is 0.319 e. The molecule has 0 aliphatic carbocycles. The molecular formula is C21H26N6O3S. The van der Waals surface area contributed by atoms with Gasteiger partial charge in [-0.3, -0.25) is 4.90 Å². The number of nitrogens with zero attached hydrogens (tertiary/aromatic N) is 6. The van der Waals surface area contributed by atoms with E-state index in [9.17, 15) is 0 Å². The quantitative estimate of drug-likeness (QED) is 0.522. The lowest BCUT2D eigenvalue weighted by molar-refractivity contribution is 0.143. The zero-order valence-electron chi connectivity index (χ0n) is 17.9. The monoisotopic (exact) mass is 442 g/mol. The zero-order chi connectivity index (χ0) is 21.6. The van der Waals surface area contributed by atoms with Gasteiger partial charge in [0.1, 0.15) is 0 Å². The Balaban J connectivity index is 1.68. The second kappa shape index (κ2) is 9.99. The molecule has 0 aromatic carbocycles. The van der Waals surface area contributed by atoms with E-state index in [1.54, 1.807) is 31.8 Å². The molecule has 0 saturated carbocycles. The number of ether oxygens (including phenoxy) is 3. The Morgan fingerprint density at radius 1 is 0.968 bits per heavy atom. The average molecular weight is 443 g/mol. The van der Waals surface area contributed by atoms with Crippen molar-refractivity contribution in [2.24, 2.45) is 0 Å². The van der Waals surface area contributed by atoms with Crippen LogP contribution in [0.1, 0.15) is 0 Å². The van der Waals surface area contributed by atoms with Gasteiger partial charge in [0.25, 0.3) is 0 Å². The SMILES string of the molecule is COCCN1CCN(c2ncc(-c3ccsc3)c(-c3cnc(OC)nc3OC)n2)CC1. The van der Waals surface area contributed by atoms with Crippen LogP contribution in [0, 0.1) is 0 Å². The maximum atomic E-state index is 5.53. The van der Waals surface area contributed by atoms with Gasteiger partial charge in [-0.05, 0) is 22.4 Å². The average Bonchev–Trinajstić information content (AvgIpc) is 3.37. The third-order valence-corrected chi connectivity index (χ3v) is 5.92. The molecule has 4 heterocycles. The highest BCUT2D eigenvalue weighted by Gasteiger charge is 2.23. The molecule has 10 heteroatoms. The fraction of sp³-hybridized carbons (Fsp3) is 0.429. The predicted molar refractivity (Wildman–Crippen MR) is 120 cm³/mol. The summed E-state index contributed by atoms with van der Waals surface area (Å²) in [5, 5.41) is 4.11. The molecule has 3 aromatic heterocycles. The van der Waals surface area contributed by atoms with Gasteiger partial charge in [0.2, 0.25) is 11.8 Å². The Bertz CT molecular complexity index is 993. The molecular weight excluding hydrogens is 416 g/mol. The first-order valence-electron chi connectivity index (χ1n) is 10.0. The lowest BCUT2D eigenvalue weighted by Crippen LogP contribution is -2.47. The Hall–Kier alpha value is -2.82. The van der Waals surface area contributed by atoms with Gasteiger partial charge in [-0.25, -0.2) is 15.0 Å². The van der Waals surface area contributed by atoms with Gasteiger partial charge in [-0.1, -0.05) is 0 Å². The second-order valence-corrected chi connectivity index (χ2v) is 7.83. The van der Waals surface area contributed by atoms with Gasteiger partial charge in [0.05, 0.1) is 32.1 Å². The number of anilines is 1. The molecule has 0 N–H and O–H groups in total. The minimum Gasteiger partial charge on any atom is -0.480 e. The van der Waals surface area contributed by atoms with E-state index >= 15 is 0 Å². The summed E-state index contributed by atoms with van der Waals surface area (Å²) in [6.45, 7) is 5.29. The van der Waals surface area contributed by atoms with Gasteiger partial charge < -0.3 is 19.1 Å². The molecule has 0 atom stereocenters. The van der Waals surface area contributed by atoms with Crippen LogP contribution in [0.5, 0.6) is 11.9 Å². The summed E-state index contributed by atoms with van der Waals surface area (Å²) in [4.78, 5) is 22.9. The van der Waals surface area contributed by atoms with Crippen LogP contribution in [0.25, 0.3) is 22.4 Å². The van der Waals surface area contributed by atoms with Crippen molar-refractivity contribution in [2.75, 3.05) is 65.6 Å². The third kappa shape index (κ3) is 4.76. The first kappa shape index (κ1) is 21.4. The van der Waals surface area contributed by atoms with Crippen molar-refractivity contribution in [3.05, 3.63) is 29.2 Å². The molecule has 1 aliphatic heterocycles. The molecule has 4 rings (SSSR count). The van der Waals surface area contributed by atoms with Crippen LogP contribution >= 0.6 is 11.3 Å². The topological polar surface area (TPSA) is 85.7 Å². The summed E-state index contributed by atoms with van der Waals surface area (Å²) in [5.74, 6) is 1.11. The Kier molecular flexibility index (Phi) is 6.90. The van der Waals surface area contributed by atoms with Crippen LogP contribution < -0.4 is 14.4 Å². The van der Waals surface area contributed by atoms with Crippen LogP contribution in [-0.2, 0) is 4.74 Å². The fourth-order valence-electron chi connectivity index (χ4n) is 3.52. The number of piperazine rings is 1. The van der Waals surface area contributed by atoms with E-state index in [4.69, 9.17) is 24.2 Å². The van der Waals surface area contributed by atoms with Crippen molar-refractivity contribution in [1.82, 2.24) is 24.8 Å². The molecule has 3 aromatic rings. The Labute approximate surface area is 185 Å². The van der Waals surface area contributed by atoms with Gasteiger partial charge in [0.15, 0.2) is 0 Å². The van der Waals surface area contributed by atoms with Crippen LogP contribution in [0.2, 0.25) is 0 Å². The van der Waals surface area contributed by atoms with Gasteiger partial charge in [-0.2, -0.15) is 16.3 Å². The molecule has 1 saturated heterocycles. The molecule has 0 unspecified atom stereocenters. The molecule has 9 nitrogen and oxygen atoms in total. The highest BCUT2D eigenvalue weighted by atomic mass is 32.1. The molecule has 0 amide bonds. The van der Waals surface area contributed by atoms with Crippen LogP contribution in [-0.4, -0.2) is 85.5 Å². The summed E-state index contributed by atoms with van der Waals surface area (Å²) < 4.78 is 15.9. The minimum absolute atomic E-state index is 0.249. The number of aromatic nitrogens is 4. The van der Waals surface area contributed by atoms with E-state index in [2.05, 4.69) is 31.2 Å². The van der Waals surface area contributed by atoms with Crippen molar-refractivity contribution in [3.8, 4) is 34.3 Å². The summed E-state index contributed by atoms with van der Waals surface area (Å²) >= 11 is 1.63. The fourth-order valence-corrected chi connectivity index (χ4v) is 4.17. The van der Waals surface area contributed by atoms with Crippen LogP contribution in [0.3, 0.4) is 0 Å². The summed E-state index contributed by atoms with van der Waals surface area (Å²) in [6.07, 6.45) is 3.57. The van der Waals surface area contributed by atoms with Gasteiger partial charge >= 0.3 is 6.01 Å². The van der Waals surface area contributed by atoms with E-state index < -0.39 is 0 Å². The molecule has 31 heavy (non-hydrogen) atoms. The molecule has 1 aliphatic rings. The van der Waals surface area contributed by atoms with E-state index in [1.165, 1.54) is 7.11 Å². The Morgan fingerprint density at radius 2 is 1.77 bits per heavy atom. The standard InChI is InChI=1S/C21H26N6O3S/c1-28-10-9-26-5-7-27(8-6-26)20-22-12-16(15-4-11-31-14-15)18(24-20)17-13-23-21(30-3)25-19(17)29-2/h4,11-14H,5-10H2,1-3H3. The number of hydrogen-bond donors (Lipinski definition) is 0. The number of rotatable bonds is 8. The molecule has 1 fully saturated rings. The molecule has 0 radical (unpaired) electrons. The number of hydrogen-bond acceptors (Lipinski definition) is 10. The van der Waals surface area contributed by atoms with Crippen LogP contribution in [0.4, 0.5) is 5.95 Å². The van der Waals surface area contributed by atoms with Crippen molar-refractivity contribution in [1.29, 1.82) is 0 Å². The third-order valence-electron chi connectivity index (χ3n) is 5.24. The Morgan fingerprint density at radius 3 is 2.45 bits per heavy atom. The first-order valence-corrected chi connectivity index (χ1v) is 11.0. The normalized spacial score (nSPS) is 14.6. The minimum atomic E-state index is 0.249. The van der Waals surface area contributed by atoms with E-state index in [-0.39, 0.29) is 6.01 Å². The summed E-state index contributed by atoms with van der Waals surface area (Å²) in [6, 6.07) is 2.30. The highest BCUT2D eigenvalue weighted by molar-refractivity contribution is 7.08. The largest absolute Gasteiger partial charge is 0.480 e. The van der Waals surface area contributed by atoms with Crippen molar-refractivity contribution in [2.45, 2.75) is 0 Å². The van der Waals surface area contributed by atoms with Crippen molar-refractivity contribution < 1.29 is 14.2 Å². The molecule has 0 bridgehead atoms. The summed E-state index contributed by atoms with van der Waals surface area (Å²) in [5.41, 5.74) is 3.40. The lowest BCUT2D eigenvalue weighted by atomic mass is 10.1. The lowest BCUT2D eigenvalue weighted by Gasteiger charge is -2.34. The maximum Gasteiger partial charge on any atom is 0.319 e.